The van der Waals surface area contributed by atoms with Gasteiger partial charge < -0.3 is 15.0 Å². The molecule has 4 nitrogen and oxygen atoms in total. The SMILES string of the molecule is Cc1ccc(OCCNC(=O)c2cc(Cl)c[nH]2)cc1. The number of aryl methyl sites for hydroxylation is 1. The van der Waals surface area contributed by atoms with Gasteiger partial charge in [-0.15, -0.1) is 0 Å². The summed E-state index contributed by atoms with van der Waals surface area (Å²) in [5.74, 6) is 0.599. The first-order chi connectivity index (χ1) is 9.15. The fraction of sp³-hybridized carbons (Fsp3) is 0.214. The molecule has 0 aliphatic heterocycles. The van der Waals surface area contributed by atoms with E-state index in [9.17, 15) is 4.79 Å². The average Bonchev–Trinajstić information content (AvgIpc) is 2.83. The molecule has 0 unspecified atom stereocenters. The molecule has 0 saturated carbocycles. The fourth-order valence-corrected chi connectivity index (χ4v) is 1.73. The van der Waals surface area contributed by atoms with Crippen LogP contribution in [0.25, 0.3) is 0 Å². The zero-order chi connectivity index (χ0) is 13.7. The lowest BCUT2D eigenvalue weighted by Gasteiger charge is -2.07. The van der Waals surface area contributed by atoms with Gasteiger partial charge in [-0.3, -0.25) is 4.79 Å². The molecule has 0 radical (unpaired) electrons. The summed E-state index contributed by atoms with van der Waals surface area (Å²) in [6, 6.07) is 9.35. The first kappa shape index (κ1) is 13.5. The number of benzene rings is 1. The largest absolute Gasteiger partial charge is 0.492 e. The summed E-state index contributed by atoms with van der Waals surface area (Å²) in [4.78, 5) is 14.4. The van der Waals surface area contributed by atoms with Crippen molar-refractivity contribution in [3.63, 3.8) is 0 Å². The standard InChI is InChI=1S/C14H15ClN2O2/c1-10-2-4-12(5-3-10)19-7-6-16-14(18)13-8-11(15)9-17-13/h2-5,8-9,17H,6-7H2,1H3,(H,16,18). The van der Waals surface area contributed by atoms with E-state index in [2.05, 4.69) is 10.3 Å². The molecule has 0 atom stereocenters. The third-order valence-corrected chi connectivity index (χ3v) is 2.79. The van der Waals surface area contributed by atoms with Gasteiger partial charge in [0.2, 0.25) is 0 Å². The summed E-state index contributed by atoms with van der Waals surface area (Å²) in [5, 5.41) is 3.25. The third-order valence-electron chi connectivity index (χ3n) is 2.57. The van der Waals surface area contributed by atoms with Gasteiger partial charge in [-0.05, 0) is 25.1 Å². The van der Waals surface area contributed by atoms with E-state index in [1.807, 2.05) is 31.2 Å². The Labute approximate surface area is 116 Å². The van der Waals surface area contributed by atoms with Gasteiger partial charge in [-0.2, -0.15) is 0 Å². The maximum absolute atomic E-state index is 11.7. The van der Waals surface area contributed by atoms with E-state index in [1.54, 1.807) is 12.3 Å². The fourth-order valence-electron chi connectivity index (χ4n) is 1.56. The van der Waals surface area contributed by atoms with Crippen LogP contribution in [-0.4, -0.2) is 24.0 Å². The van der Waals surface area contributed by atoms with E-state index in [0.29, 0.717) is 23.9 Å². The average molecular weight is 279 g/mol. The molecule has 1 aromatic carbocycles. The molecule has 1 heterocycles. The first-order valence-electron chi connectivity index (χ1n) is 5.97. The molecule has 19 heavy (non-hydrogen) atoms. The Morgan fingerprint density at radius 2 is 2.11 bits per heavy atom. The first-order valence-corrected chi connectivity index (χ1v) is 6.34. The van der Waals surface area contributed by atoms with E-state index in [4.69, 9.17) is 16.3 Å². The van der Waals surface area contributed by atoms with Crippen LogP contribution >= 0.6 is 11.6 Å². The molecular weight excluding hydrogens is 264 g/mol. The summed E-state index contributed by atoms with van der Waals surface area (Å²) in [6.07, 6.45) is 1.57. The Kier molecular flexibility index (Phi) is 4.47. The highest BCUT2D eigenvalue weighted by atomic mass is 35.5. The Morgan fingerprint density at radius 3 is 2.74 bits per heavy atom. The summed E-state index contributed by atoms with van der Waals surface area (Å²) in [5.41, 5.74) is 1.63. The van der Waals surface area contributed by atoms with Crippen molar-refractivity contribution in [2.45, 2.75) is 6.92 Å². The second kappa shape index (κ2) is 6.29. The number of aromatic nitrogens is 1. The molecule has 1 aromatic heterocycles. The smallest absolute Gasteiger partial charge is 0.267 e. The molecule has 0 aliphatic carbocycles. The molecule has 5 heteroatoms. The molecule has 0 bridgehead atoms. The van der Waals surface area contributed by atoms with Crippen molar-refractivity contribution >= 4 is 17.5 Å². The number of halogens is 1. The van der Waals surface area contributed by atoms with Gasteiger partial charge in [-0.1, -0.05) is 29.3 Å². The molecule has 0 fully saturated rings. The minimum atomic E-state index is -0.195. The van der Waals surface area contributed by atoms with E-state index in [0.717, 1.165) is 5.75 Å². The molecular formula is C14H15ClN2O2. The van der Waals surface area contributed by atoms with E-state index >= 15 is 0 Å². The van der Waals surface area contributed by atoms with Crippen LogP contribution in [0.2, 0.25) is 5.02 Å². The Morgan fingerprint density at radius 1 is 1.37 bits per heavy atom. The van der Waals surface area contributed by atoms with Crippen molar-refractivity contribution < 1.29 is 9.53 Å². The Bertz CT molecular complexity index is 549. The number of H-pyrrole nitrogens is 1. The number of hydrogen-bond donors (Lipinski definition) is 2. The highest BCUT2D eigenvalue weighted by Gasteiger charge is 2.06. The normalized spacial score (nSPS) is 10.2. The molecule has 0 spiro atoms. The van der Waals surface area contributed by atoms with Crippen LogP contribution in [0, 0.1) is 6.92 Å². The predicted octanol–water partition coefficient (Wildman–Crippen LogP) is 2.79. The molecule has 2 aromatic rings. The number of hydrogen-bond acceptors (Lipinski definition) is 2. The van der Waals surface area contributed by atoms with Crippen molar-refractivity contribution in [3.05, 3.63) is 52.8 Å². The number of nitrogens with one attached hydrogen (secondary N) is 2. The van der Waals surface area contributed by atoms with Gasteiger partial charge in [0.15, 0.2) is 0 Å². The van der Waals surface area contributed by atoms with E-state index in [1.165, 1.54) is 5.56 Å². The van der Waals surface area contributed by atoms with Crippen molar-refractivity contribution in [1.29, 1.82) is 0 Å². The summed E-state index contributed by atoms with van der Waals surface area (Å²) in [6.45, 7) is 2.87. The quantitative estimate of drug-likeness (QED) is 0.827. The van der Waals surface area contributed by atoms with Gasteiger partial charge in [-0.25, -0.2) is 0 Å². The minimum absolute atomic E-state index is 0.195. The van der Waals surface area contributed by atoms with Gasteiger partial charge >= 0.3 is 0 Å². The Balaban J connectivity index is 1.72. The lowest BCUT2D eigenvalue weighted by Crippen LogP contribution is -2.28. The van der Waals surface area contributed by atoms with Gasteiger partial charge in [0, 0.05) is 6.20 Å². The van der Waals surface area contributed by atoms with Crippen LogP contribution in [0.1, 0.15) is 16.1 Å². The minimum Gasteiger partial charge on any atom is -0.492 e. The number of carbonyl (C=O) groups is 1. The molecule has 0 saturated heterocycles. The summed E-state index contributed by atoms with van der Waals surface area (Å²) >= 11 is 5.72. The number of ether oxygens (including phenoxy) is 1. The molecule has 0 aliphatic rings. The van der Waals surface area contributed by atoms with Crippen LogP contribution in [0.5, 0.6) is 5.75 Å². The second-order valence-corrected chi connectivity index (χ2v) is 4.59. The highest BCUT2D eigenvalue weighted by Crippen LogP contribution is 2.11. The Hall–Kier alpha value is -1.94. The van der Waals surface area contributed by atoms with E-state index in [-0.39, 0.29) is 5.91 Å². The van der Waals surface area contributed by atoms with Gasteiger partial charge in [0.1, 0.15) is 18.1 Å². The van der Waals surface area contributed by atoms with Crippen molar-refractivity contribution in [2.75, 3.05) is 13.2 Å². The lowest BCUT2D eigenvalue weighted by molar-refractivity contribution is 0.0942. The van der Waals surface area contributed by atoms with Crippen molar-refractivity contribution in [1.82, 2.24) is 10.3 Å². The second-order valence-electron chi connectivity index (χ2n) is 4.15. The maximum atomic E-state index is 11.7. The predicted molar refractivity (Wildman–Crippen MR) is 74.8 cm³/mol. The van der Waals surface area contributed by atoms with Crippen LogP contribution in [-0.2, 0) is 0 Å². The monoisotopic (exact) mass is 278 g/mol. The summed E-state index contributed by atoms with van der Waals surface area (Å²) in [7, 11) is 0. The lowest BCUT2D eigenvalue weighted by atomic mass is 10.2. The van der Waals surface area contributed by atoms with Gasteiger partial charge in [0.05, 0.1) is 11.6 Å². The zero-order valence-electron chi connectivity index (χ0n) is 10.6. The molecule has 100 valence electrons. The highest BCUT2D eigenvalue weighted by molar-refractivity contribution is 6.30. The number of aromatic amines is 1. The third kappa shape index (κ3) is 4.03. The van der Waals surface area contributed by atoms with Crippen LogP contribution in [0.15, 0.2) is 36.5 Å². The van der Waals surface area contributed by atoms with Crippen LogP contribution < -0.4 is 10.1 Å². The summed E-state index contributed by atoms with van der Waals surface area (Å²) < 4.78 is 5.50. The van der Waals surface area contributed by atoms with Crippen molar-refractivity contribution in [3.8, 4) is 5.75 Å². The topological polar surface area (TPSA) is 54.1 Å². The number of amides is 1. The molecule has 2 rings (SSSR count). The molecule has 1 amide bonds. The molecule has 2 N–H and O–H groups in total. The zero-order valence-corrected chi connectivity index (χ0v) is 11.3. The maximum Gasteiger partial charge on any atom is 0.267 e. The van der Waals surface area contributed by atoms with Gasteiger partial charge in [0.25, 0.3) is 5.91 Å². The van der Waals surface area contributed by atoms with Crippen LogP contribution in [0.3, 0.4) is 0 Å². The number of rotatable bonds is 5. The van der Waals surface area contributed by atoms with Crippen molar-refractivity contribution in [2.24, 2.45) is 0 Å². The van der Waals surface area contributed by atoms with Crippen LogP contribution in [0.4, 0.5) is 0 Å². The van der Waals surface area contributed by atoms with E-state index < -0.39 is 0 Å². The number of carbonyl (C=O) groups excluding carboxylic acids is 1.